The molecule has 1 heterocycles. The fraction of sp³-hybridized carbons (Fsp3) is 0.786. The van der Waals surface area contributed by atoms with Gasteiger partial charge in [0, 0.05) is 18.3 Å². The monoisotopic (exact) mass is 222 g/mol. The van der Waals surface area contributed by atoms with Crippen LogP contribution in [0.3, 0.4) is 0 Å². The Kier molecular flexibility index (Phi) is 4.17. The molecule has 1 aromatic heterocycles. The van der Waals surface area contributed by atoms with Gasteiger partial charge in [-0.1, -0.05) is 33.6 Å². The summed E-state index contributed by atoms with van der Waals surface area (Å²) >= 11 is 0. The lowest BCUT2D eigenvalue weighted by atomic mass is 9.74. The minimum absolute atomic E-state index is 0.311. The Balaban J connectivity index is 3.19. The van der Waals surface area contributed by atoms with Crippen molar-refractivity contribution < 1.29 is 0 Å². The Hall–Kier alpha value is -0.790. The lowest BCUT2D eigenvalue weighted by Gasteiger charge is -2.30. The van der Waals surface area contributed by atoms with E-state index in [-0.39, 0.29) is 0 Å². The van der Waals surface area contributed by atoms with Gasteiger partial charge in [0.05, 0.1) is 5.69 Å². The molecular weight excluding hydrogens is 196 g/mol. The van der Waals surface area contributed by atoms with E-state index in [2.05, 4.69) is 39.7 Å². The molecule has 2 heteroatoms. The van der Waals surface area contributed by atoms with E-state index in [4.69, 9.17) is 0 Å². The fourth-order valence-electron chi connectivity index (χ4n) is 3.13. The Morgan fingerprint density at radius 1 is 1.12 bits per heavy atom. The minimum atomic E-state index is 0.311. The molecule has 16 heavy (non-hydrogen) atoms. The van der Waals surface area contributed by atoms with Crippen LogP contribution in [0.2, 0.25) is 0 Å². The summed E-state index contributed by atoms with van der Waals surface area (Å²) in [5.74, 6) is 0. The number of rotatable bonds is 5. The van der Waals surface area contributed by atoms with E-state index in [9.17, 15) is 0 Å². The second-order valence-electron chi connectivity index (χ2n) is 5.23. The summed E-state index contributed by atoms with van der Waals surface area (Å²) < 4.78 is 2.02. The van der Waals surface area contributed by atoms with Gasteiger partial charge >= 0.3 is 0 Å². The molecule has 0 fully saturated rings. The zero-order valence-electron chi connectivity index (χ0n) is 11.7. The summed E-state index contributed by atoms with van der Waals surface area (Å²) in [6.07, 6.45) is 5.00. The van der Waals surface area contributed by atoms with Crippen LogP contribution in [0.4, 0.5) is 0 Å². The van der Waals surface area contributed by atoms with Gasteiger partial charge in [0.1, 0.15) is 0 Å². The highest BCUT2D eigenvalue weighted by Crippen LogP contribution is 2.37. The van der Waals surface area contributed by atoms with Crippen molar-refractivity contribution in [3.05, 3.63) is 17.0 Å². The first kappa shape index (κ1) is 13.3. The van der Waals surface area contributed by atoms with Crippen molar-refractivity contribution in [2.45, 2.75) is 65.7 Å². The van der Waals surface area contributed by atoms with E-state index in [1.54, 1.807) is 0 Å². The van der Waals surface area contributed by atoms with Crippen molar-refractivity contribution >= 4 is 0 Å². The van der Waals surface area contributed by atoms with E-state index >= 15 is 0 Å². The topological polar surface area (TPSA) is 17.8 Å². The predicted molar refractivity (Wildman–Crippen MR) is 69.9 cm³/mol. The smallest absolute Gasteiger partial charge is 0.0633 e. The summed E-state index contributed by atoms with van der Waals surface area (Å²) in [6, 6.07) is 0. The second kappa shape index (κ2) is 5.03. The summed E-state index contributed by atoms with van der Waals surface area (Å²) in [4.78, 5) is 0. The van der Waals surface area contributed by atoms with Gasteiger partial charge in [0.25, 0.3) is 0 Å². The maximum atomic E-state index is 4.56. The molecular formula is C14H26N2. The standard InChI is InChI=1S/C14H26N2/c1-7-9-14(5,10-8-2)13-11(3)15-16(6)12(13)4/h7-10H2,1-6H3. The highest BCUT2D eigenvalue weighted by Gasteiger charge is 2.30. The quantitative estimate of drug-likeness (QED) is 0.739. The van der Waals surface area contributed by atoms with Crippen LogP contribution in [0.1, 0.15) is 63.4 Å². The molecule has 1 aromatic rings. The van der Waals surface area contributed by atoms with Crippen LogP contribution in [-0.2, 0) is 12.5 Å². The summed E-state index contributed by atoms with van der Waals surface area (Å²) in [5, 5.41) is 4.56. The Morgan fingerprint density at radius 2 is 1.62 bits per heavy atom. The van der Waals surface area contributed by atoms with Gasteiger partial charge in [-0.25, -0.2) is 0 Å². The molecule has 0 aliphatic rings. The molecule has 0 aliphatic heterocycles. The van der Waals surface area contributed by atoms with Gasteiger partial charge in [0.15, 0.2) is 0 Å². The van der Waals surface area contributed by atoms with Crippen molar-refractivity contribution in [2.75, 3.05) is 0 Å². The molecule has 0 bridgehead atoms. The lowest BCUT2D eigenvalue weighted by Crippen LogP contribution is -2.23. The first-order valence-corrected chi connectivity index (χ1v) is 6.47. The SMILES string of the molecule is CCCC(C)(CCC)c1c(C)nn(C)c1C. The molecule has 0 aromatic carbocycles. The van der Waals surface area contributed by atoms with Crippen LogP contribution in [-0.4, -0.2) is 9.78 Å². The van der Waals surface area contributed by atoms with Gasteiger partial charge in [-0.3, -0.25) is 4.68 Å². The van der Waals surface area contributed by atoms with Gasteiger partial charge in [-0.2, -0.15) is 5.10 Å². The van der Waals surface area contributed by atoms with E-state index in [0.717, 1.165) is 0 Å². The molecule has 0 aliphatic carbocycles. The molecule has 0 saturated carbocycles. The normalized spacial score (nSPS) is 12.1. The third-order valence-corrected chi connectivity index (χ3v) is 3.72. The number of hydrogen-bond donors (Lipinski definition) is 0. The third kappa shape index (κ3) is 2.31. The zero-order valence-corrected chi connectivity index (χ0v) is 11.7. The minimum Gasteiger partial charge on any atom is -0.272 e. The fourth-order valence-corrected chi connectivity index (χ4v) is 3.13. The molecule has 92 valence electrons. The van der Waals surface area contributed by atoms with Crippen molar-refractivity contribution in [3.63, 3.8) is 0 Å². The molecule has 0 spiro atoms. The zero-order chi connectivity index (χ0) is 12.3. The van der Waals surface area contributed by atoms with E-state index in [1.807, 2.05) is 11.7 Å². The first-order valence-electron chi connectivity index (χ1n) is 6.47. The first-order chi connectivity index (χ1) is 7.46. The molecule has 0 saturated heterocycles. The molecule has 0 unspecified atom stereocenters. The van der Waals surface area contributed by atoms with Gasteiger partial charge in [-0.05, 0) is 32.1 Å². The highest BCUT2D eigenvalue weighted by atomic mass is 15.3. The number of hydrogen-bond acceptors (Lipinski definition) is 1. The van der Waals surface area contributed by atoms with Crippen molar-refractivity contribution in [2.24, 2.45) is 7.05 Å². The number of aromatic nitrogens is 2. The van der Waals surface area contributed by atoms with Crippen LogP contribution in [0.5, 0.6) is 0 Å². The molecule has 0 amide bonds. The average molecular weight is 222 g/mol. The summed E-state index contributed by atoms with van der Waals surface area (Å²) in [6.45, 7) is 11.3. The Morgan fingerprint density at radius 3 is 1.94 bits per heavy atom. The van der Waals surface area contributed by atoms with Crippen molar-refractivity contribution in [3.8, 4) is 0 Å². The van der Waals surface area contributed by atoms with Crippen LogP contribution >= 0.6 is 0 Å². The molecule has 0 radical (unpaired) electrons. The molecule has 0 atom stereocenters. The number of aryl methyl sites for hydroxylation is 2. The highest BCUT2D eigenvalue weighted by molar-refractivity contribution is 5.32. The Labute approximate surface area is 100 Å². The van der Waals surface area contributed by atoms with Gasteiger partial charge in [0.2, 0.25) is 0 Å². The average Bonchev–Trinajstić information content (AvgIpc) is 2.42. The second-order valence-corrected chi connectivity index (χ2v) is 5.23. The van der Waals surface area contributed by atoms with Crippen LogP contribution in [0.15, 0.2) is 0 Å². The molecule has 1 rings (SSSR count). The third-order valence-electron chi connectivity index (χ3n) is 3.72. The van der Waals surface area contributed by atoms with Gasteiger partial charge in [-0.15, -0.1) is 0 Å². The van der Waals surface area contributed by atoms with Crippen LogP contribution < -0.4 is 0 Å². The van der Waals surface area contributed by atoms with Crippen molar-refractivity contribution in [1.82, 2.24) is 9.78 Å². The maximum absolute atomic E-state index is 4.56. The molecule has 2 nitrogen and oxygen atoms in total. The Bertz CT molecular complexity index is 344. The largest absolute Gasteiger partial charge is 0.272 e. The molecule has 0 N–H and O–H groups in total. The van der Waals surface area contributed by atoms with Crippen LogP contribution in [0, 0.1) is 13.8 Å². The van der Waals surface area contributed by atoms with Crippen molar-refractivity contribution in [1.29, 1.82) is 0 Å². The van der Waals surface area contributed by atoms with Crippen LogP contribution in [0.25, 0.3) is 0 Å². The maximum Gasteiger partial charge on any atom is 0.0633 e. The van der Waals surface area contributed by atoms with E-state index in [0.29, 0.717) is 5.41 Å². The van der Waals surface area contributed by atoms with E-state index in [1.165, 1.54) is 42.6 Å². The number of nitrogens with zero attached hydrogens (tertiary/aromatic N) is 2. The summed E-state index contributed by atoms with van der Waals surface area (Å²) in [7, 11) is 2.05. The lowest BCUT2D eigenvalue weighted by molar-refractivity contribution is 0.388. The summed E-state index contributed by atoms with van der Waals surface area (Å²) in [5.41, 5.74) is 4.34. The van der Waals surface area contributed by atoms with Gasteiger partial charge < -0.3 is 0 Å². The predicted octanol–water partition coefficient (Wildman–Crippen LogP) is 3.89. The van der Waals surface area contributed by atoms with E-state index < -0.39 is 0 Å².